The van der Waals surface area contributed by atoms with E-state index < -0.39 is 5.60 Å². The van der Waals surface area contributed by atoms with Gasteiger partial charge in [0.05, 0.1) is 5.60 Å². The van der Waals surface area contributed by atoms with Gasteiger partial charge in [-0.2, -0.15) is 0 Å². The largest absolute Gasteiger partial charge is 0.385 e. The van der Waals surface area contributed by atoms with Crippen LogP contribution in [0.3, 0.4) is 0 Å². The van der Waals surface area contributed by atoms with Gasteiger partial charge in [0.1, 0.15) is 0 Å². The molecule has 4 heteroatoms. The third kappa shape index (κ3) is 3.03. The summed E-state index contributed by atoms with van der Waals surface area (Å²) in [4.78, 5) is 3.38. The first-order valence-electron chi connectivity index (χ1n) is 8.89. The maximum absolute atomic E-state index is 10.9. The van der Waals surface area contributed by atoms with E-state index in [0.29, 0.717) is 32.1 Å². The zero-order valence-corrected chi connectivity index (χ0v) is 13.6. The highest BCUT2D eigenvalue weighted by Crippen LogP contribution is 2.34. The van der Waals surface area contributed by atoms with Crippen LogP contribution in [-0.2, 0) is 16.8 Å². The maximum Gasteiger partial charge on any atom is 0.0940 e. The number of aliphatic hydroxyl groups is 1. The molecule has 23 heavy (non-hydrogen) atoms. The first-order valence-corrected chi connectivity index (χ1v) is 8.89. The van der Waals surface area contributed by atoms with Crippen LogP contribution in [-0.4, -0.2) is 35.9 Å². The molecule has 2 fully saturated rings. The van der Waals surface area contributed by atoms with Crippen molar-refractivity contribution in [3.05, 3.63) is 35.5 Å². The zero-order valence-electron chi connectivity index (χ0n) is 13.6. The number of aromatic amines is 1. The minimum absolute atomic E-state index is 0.641. The van der Waals surface area contributed by atoms with Gasteiger partial charge in [-0.1, -0.05) is 6.07 Å². The van der Waals surface area contributed by atoms with Gasteiger partial charge in [0.25, 0.3) is 0 Å². The number of hydrogen-bond donors (Lipinski definition) is 3. The Morgan fingerprint density at radius 1 is 1.26 bits per heavy atom. The van der Waals surface area contributed by atoms with Crippen molar-refractivity contribution < 1.29 is 9.84 Å². The summed E-state index contributed by atoms with van der Waals surface area (Å²) in [7, 11) is 0. The molecule has 124 valence electrons. The predicted molar refractivity (Wildman–Crippen MR) is 91.6 cm³/mol. The molecule has 0 spiro atoms. The summed E-state index contributed by atoms with van der Waals surface area (Å²) in [6, 6.07) is 7.03. The van der Waals surface area contributed by atoms with Gasteiger partial charge in [0.15, 0.2) is 0 Å². The number of aromatic nitrogens is 1. The van der Waals surface area contributed by atoms with Crippen LogP contribution in [0.25, 0.3) is 10.9 Å². The van der Waals surface area contributed by atoms with Crippen LogP contribution in [0.4, 0.5) is 0 Å². The van der Waals surface area contributed by atoms with Gasteiger partial charge in [-0.3, -0.25) is 0 Å². The van der Waals surface area contributed by atoms with E-state index in [1.165, 1.54) is 35.7 Å². The molecule has 3 heterocycles. The van der Waals surface area contributed by atoms with Crippen LogP contribution in [0.2, 0.25) is 0 Å². The van der Waals surface area contributed by atoms with E-state index in [1.807, 2.05) is 0 Å². The van der Waals surface area contributed by atoms with E-state index in [0.717, 1.165) is 18.5 Å². The highest BCUT2D eigenvalue weighted by molar-refractivity contribution is 5.84. The monoisotopic (exact) mass is 314 g/mol. The number of H-pyrrole nitrogens is 1. The molecule has 1 unspecified atom stereocenters. The molecular weight excluding hydrogens is 288 g/mol. The summed E-state index contributed by atoms with van der Waals surface area (Å²) in [5, 5.41) is 15.8. The Kier molecular flexibility index (Phi) is 4.14. The van der Waals surface area contributed by atoms with Crippen LogP contribution in [0, 0.1) is 0 Å². The second-order valence-corrected chi connectivity index (χ2v) is 7.05. The third-order valence-electron chi connectivity index (χ3n) is 5.55. The van der Waals surface area contributed by atoms with Crippen molar-refractivity contribution >= 4 is 10.9 Å². The lowest BCUT2D eigenvalue weighted by Crippen LogP contribution is -2.33. The quantitative estimate of drug-likeness (QED) is 0.813. The summed E-state index contributed by atoms with van der Waals surface area (Å²) in [6.45, 7) is 2.45. The SMILES string of the molecule is OC1(c2ccc3[nH]cc(CCC4CCCN4)c3c2)CCOCC1. The highest BCUT2D eigenvalue weighted by atomic mass is 16.5. The summed E-state index contributed by atoms with van der Waals surface area (Å²) < 4.78 is 5.41. The lowest BCUT2D eigenvalue weighted by molar-refractivity contribution is -0.0678. The molecule has 2 aliphatic heterocycles. The Bertz CT molecular complexity index is 667. The van der Waals surface area contributed by atoms with Gasteiger partial charge in [-0.25, -0.2) is 0 Å². The number of aryl methyl sites for hydroxylation is 1. The molecule has 3 N–H and O–H groups in total. The van der Waals surface area contributed by atoms with Crippen LogP contribution < -0.4 is 5.32 Å². The second kappa shape index (κ2) is 6.27. The minimum atomic E-state index is -0.728. The summed E-state index contributed by atoms with van der Waals surface area (Å²) >= 11 is 0. The lowest BCUT2D eigenvalue weighted by Gasteiger charge is -2.32. The van der Waals surface area contributed by atoms with E-state index in [1.54, 1.807) is 0 Å². The van der Waals surface area contributed by atoms with Crippen molar-refractivity contribution in [2.45, 2.75) is 50.2 Å². The Hall–Kier alpha value is -1.36. The number of benzene rings is 1. The van der Waals surface area contributed by atoms with Crippen molar-refractivity contribution in [2.75, 3.05) is 19.8 Å². The number of fused-ring (bicyclic) bond motifs is 1. The van der Waals surface area contributed by atoms with Gasteiger partial charge in [-0.15, -0.1) is 0 Å². The molecule has 4 nitrogen and oxygen atoms in total. The second-order valence-electron chi connectivity index (χ2n) is 7.05. The van der Waals surface area contributed by atoms with Crippen molar-refractivity contribution in [1.29, 1.82) is 0 Å². The molecule has 0 radical (unpaired) electrons. The fourth-order valence-corrected chi connectivity index (χ4v) is 4.01. The summed E-state index contributed by atoms with van der Waals surface area (Å²) in [5.41, 5.74) is 2.84. The summed E-state index contributed by atoms with van der Waals surface area (Å²) in [5.74, 6) is 0. The van der Waals surface area contributed by atoms with E-state index in [4.69, 9.17) is 4.74 Å². The van der Waals surface area contributed by atoms with Crippen LogP contribution in [0.1, 0.15) is 43.2 Å². The molecule has 4 rings (SSSR count). The Morgan fingerprint density at radius 3 is 2.91 bits per heavy atom. The van der Waals surface area contributed by atoms with Crippen LogP contribution in [0.15, 0.2) is 24.4 Å². The molecule has 1 aromatic carbocycles. The third-order valence-corrected chi connectivity index (χ3v) is 5.55. The lowest BCUT2D eigenvalue weighted by atomic mass is 9.85. The average molecular weight is 314 g/mol. The Balaban J connectivity index is 1.58. The van der Waals surface area contributed by atoms with Crippen molar-refractivity contribution in [2.24, 2.45) is 0 Å². The van der Waals surface area contributed by atoms with Crippen molar-refractivity contribution in [3.8, 4) is 0 Å². The number of ether oxygens (including phenoxy) is 1. The summed E-state index contributed by atoms with van der Waals surface area (Å²) in [6.07, 6.45) is 8.38. The van der Waals surface area contributed by atoms with E-state index >= 15 is 0 Å². The molecule has 2 saturated heterocycles. The standard InChI is InChI=1S/C19H26N2O2/c22-19(7-10-23-11-8-19)15-4-6-18-17(12-15)14(13-21-18)3-5-16-2-1-9-20-16/h4,6,12-13,16,20-22H,1-3,5,7-11H2. The molecule has 0 bridgehead atoms. The van der Waals surface area contributed by atoms with Gasteiger partial charge < -0.3 is 20.1 Å². The van der Waals surface area contributed by atoms with E-state index in [2.05, 4.69) is 34.7 Å². The molecular formula is C19H26N2O2. The molecule has 1 atom stereocenters. The zero-order chi connectivity index (χ0) is 15.7. The van der Waals surface area contributed by atoms with Crippen molar-refractivity contribution in [1.82, 2.24) is 10.3 Å². The van der Waals surface area contributed by atoms with Gasteiger partial charge in [-0.05, 0) is 55.5 Å². The van der Waals surface area contributed by atoms with Gasteiger partial charge in [0, 0.05) is 49.2 Å². The minimum Gasteiger partial charge on any atom is -0.385 e. The predicted octanol–water partition coefficient (Wildman–Crippen LogP) is 2.85. The molecule has 2 aromatic rings. The number of hydrogen-bond acceptors (Lipinski definition) is 3. The highest BCUT2D eigenvalue weighted by Gasteiger charge is 2.32. The van der Waals surface area contributed by atoms with E-state index in [-0.39, 0.29) is 0 Å². The van der Waals surface area contributed by atoms with Crippen molar-refractivity contribution in [3.63, 3.8) is 0 Å². The first-order chi connectivity index (χ1) is 11.2. The molecule has 0 amide bonds. The Labute approximate surface area is 137 Å². The fourth-order valence-electron chi connectivity index (χ4n) is 4.01. The van der Waals surface area contributed by atoms with Gasteiger partial charge >= 0.3 is 0 Å². The molecule has 0 saturated carbocycles. The normalized spacial score (nSPS) is 24.3. The molecule has 1 aromatic heterocycles. The topological polar surface area (TPSA) is 57.3 Å². The Morgan fingerprint density at radius 2 is 2.13 bits per heavy atom. The van der Waals surface area contributed by atoms with E-state index in [9.17, 15) is 5.11 Å². The molecule has 2 aliphatic rings. The number of nitrogens with one attached hydrogen (secondary N) is 2. The van der Waals surface area contributed by atoms with Crippen LogP contribution >= 0.6 is 0 Å². The van der Waals surface area contributed by atoms with Gasteiger partial charge in [0.2, 0.25) is 0 Å². The first kappa shape index (κ1) is 15.2. The van der Waals surface area contributed by atoms with Crippen LogP contribution in [0.5, 0.6) is 0 Å². The maximum atomic E-state index is 10.9. The molecule has 0 aliphatic carbocycles. The average Bonchev–Trinajstić information content (AvgIpc) is 3.22. The fraction of sp³-hybridized carbons (Fsp3) is 0.579. The number of rotatable bonds is 4. The smallest absolute Gasteiger partial charge is 0.0940 e.